The van der Waals surface area contributed by atoms with Crippen LogP contribution in [0.1, 0.15) is 0 Å². The van der Waals surface area contributed by atoms with Crippen LogP contribution in [0.25, 0.3) is 11.5 Å². The second kappa shape index (κ2) is 6.82. The molecular formula is C17H15N3O4. The van der Waals surface area contributed by atoms with Gasteiger partial charge in [-0.3, -0.25) is 9.78 Å². The van der Waals surface area contributed by atoms with Gasteiger partial charge in [0.05, 0.1) is 14.2 Å². The number of nitrogens with zero attached hydrogens (tertiary/aromatic N) is 2. The van der Waals surface area contributed by atoms with Crippen LogP contribution in [-0.4, -0.2) is 29.2 Å². The normalized spacial score (nSPS) is 10.2. The standard InChI is InChI=1S/C17H15N3O4/c1-22-11-6-5-7-12(10-11)24-17-14(23-2)16(21)19-15(20-17)13-8-3-4-9-18-13/h3-10H,1-2H3,(H,19,20,21). The van der Waals surface area contributed by atoms with E-state index >= 15 is 0 Å². The molecule has 0 radical (unpaired) electrons. The minimum absolute atomic E-state index is 0.0162. The molecule has 0 saturated heterocycles. The number of hydrogen-bond donors (Lipinski definition) is 1. The van der Waals surface area contributed by atoms with Crippen molar-refractivity contribution in [2.45, 2.75) is 0 Å². The van der Waals surface area contributed by atoms with Crippen LogP contribution >= 0.6 is 0 Å². The highest BCUT2D eigenvalue weighted by Crippen LogP contribution is 2.29. The van der Waals surface area contributed by atoms with Gasteiger partial charge in [0.1, 0.15) is 17.2 Å². The molecule has 0 bridgehead atoms. The summed E-state index contributed by atoms with van der Waals surface area (Å²) < 4.78 is 16.0. The van der Waals surface area contributed by atoms with Gasteiger partial charge in [-0.2, -0.15) is 4.98 Å². The third kappa shape index (κ3) is 3.19. The van der Waals surface area contributed by atoms with Gasteiger partial charge in [0.2, 0.25) is 5.75 Å². The van der Waals surface area contributed by atoms with Gasteiger partial charge in [0.15, 0.2) is 5.82 Å². The summed E-state index contributed by atoms with van der Waals surface area (Å²) in [6, 6.07) is 12.3. The van der Waals surface area contributed by atoms with Crippen molar-refractivity contribution in [1.29, 1.82) is 0 Å². The van der Waals surface area contributed by atoms with Gasteiger partial charge >= 0.3 is 0 Å². The van der Waals surface area contributed by atoms with E-state index in [0.29, 0.717) is 23.0 Å². The van der Waals surface area contributed by atoms with Crippen molar-refractivity contribution >= 4 is 0 Å². The zero-order chi connectivity index (χ0) is 16.9. The lowest BCUT2D eigenvalue weighted by atomic mass is 10.3. The molecule has 0 atom stereocenters. The molecule has 3 rings (SSSR count). The zero-order valence-electron chi connectivity index (χ0n) is 13.1. The first-order valence-corrected chi connectivity index (χ1v) is 7.13. The molecule has 3 aromatic rings. The highest BCUT2D eigenvalue weighted by molar-refractivity contribution is 5.51. The van der Waals surface area contributed by atoms with E-state index < -0.39 is 5.56 Å². The van der Waals surface area contributed by atoms with E-state index in [9.17, 15) is 4.79 Å². The fraction of sp³-hybridized carbons (Fsp3) is 0.118. The van der Waals surface area contributed by atoms with Crippen LogP contribution in [0.15, 0.2) is 53.5 Å². The number of H-pyrrole nitrogens is 1. The molecule has 0 saturated carbocycles. The molecule has 0 aliphatic heterocycles. The summed E-state index contributed by atoms with van der Waals surface area (Å²) in [6.07, 6.45) is 1.61. The second-order valence-electron chi connectivity index (χ2n) is 4.75. The van der Waals surface area contributed by atoms with Crippen molar-refractivity contribution in [3.05, 3.63) is 59.0 Å². The summed E-state index contributed by atoms with van der Waals surface area (Å²) in [4.78, 5) is 23.3. The average Bonchev–Trinajstić information content (AvgIpc) is 2.62. The van der Waals surface area contributed by atoms with E-state index in [1.807, 2.05) is 0 Å². The third-order valence-corrected chi connectivity index (χ3v) is 3.21. The third-order valence-electron chi connectivity index (χ3n) is 3.21. The molecule has 0 aliphatic rings. The molecule has 0 aliphatic carbocycles. The van der Waals surface area contributed by atoms with E-state index in [4.69, 9.17) is 14.2 Å². The molecule has 7 nitrogen and oxygen atoms in total. The van der Waals surface area contributed by atoms with Gasteiger partial charge in [0.25, 0.3) is 11.4 Å². The number of pyridine rings is 1. The number of methoxy groups -OCH3 is 2. The summed E-state index contributed by atoms with van der Waals surface area (Å²) in [5.74, 6) is 1.42. The van der Waals surface area contributed by atoms with E-state index in [-0.39, 0.29) is 11.6 Å². The Labute approximate surface area is 137 Å². The Morgan fingerprint density at radius 2 is 1.83 bits per heavy atom. The molecule has 0 unspecified atom stereocenters. The first kappa shape index (κ1) is 15.5. The second-order valence-corrected chi connectivity index (χ2v) is 4.75. The maximum absolute atomic E-state index is 12.2. The number of aromatic nitrogens is 3. The Bertz CT molecular complexity index is 894. The van der Waals surface area contributed by atoms with Crippen molar-refractivity contribution in [2.75, 3.05) is 14.2 Å². The highest BCUT2D eigenvalue weighted by atomic mass is 16.5. The highest BCUT2D eigenvalue weighted by Gasteiger charge is 2.16. The minimum Gasteiger partial charge on any atom is -0.497 e. The van der Waals surface area contributed by atoms with Crippen LogP contribution in [0, 0.1) is 0 Å². The Balaban J connectivity index is 2.05. The van der Waals surface area contributed by atoms with Crippen molar-refractivity contribution in [3.8, 4) is 34.6 Å². The Morgan fingerprint density at radius 3 is 2.54 bits per heavy atom. The van der Waals surface area contributed by atoms with E-state index in [1.165, 1.54) is 7.11 Å². The van der Waals surface area contributed by atoms with Crippen molar-refractivity contribution in [3.63, 3.8) is 0 Å². The van der Waals surface area contributed by atoms with Crippen LogP contribution in [0.5, 0.6) is 23.1 Å². The topological polar surface area (TPSA) is 86.3 Å². The SMILES string of the molecule is COc1cccc(Oc2nc(-c3ccccn3)[nH]c(=O)c2OC)c1. The van der Waals surface area contributed by atoms with Crippen LogP contribution < -0.4 is 19.8 Å². The monoisotopic (exact) mass is 325 g/mol. The lowest BCUT2D eigenvalue weighted by Gasteiger charge is -2.10. The number of benzene rings is 1. The van der Waals surface area contributed by atoms with Gasteiger partial charge in [-0.1, -0.05) is 12.1 Å². The lowest BCUT2D eigenvalue weighted by molar-refractivity contribution is 0.361. The van der Waals surface area contributed by atoms with Gasteiger partial charge in [-0.15, -0.1) is 0 Å². The zero-order valence-corrected chi connectivity index (χ0v) is 13.1. The van der Waals surface area contributed by atoms with Crippen LogP contribution in [0.3, 0.4) is 0 Å². The molecular weight excluding hydrogens is 310 g/mol. The summed E-state index contributed by atoms with van der Waals surface area (Å²) in [6.45, 7) is 0. The average molecular weight is 325 g/mol. The largest absolute Gasteiger partial charge is 0.497 e. The van der Waals surface area contributed by atoms with Crippen LogP contribution in [0.2, 0.25) is 0 Å². The van der Waals surface area contributed by atoms with E-state index in [0.717, 1.165) is 0 Å². The fourth-order valence-electron chi connectivity index (χ4n) is 2.09. The number of rotatable bonds is 5. The molecule has 7 heteroatoms. The Morgan fingerprint density at radius 1 is 1.00 bits per heavy atom. The van der Waals surface area contributed by atoms with Crippen molar-refractivity contribution < 1.29 is 14.2 Å². The quantitative estimate of drug-likeness (QED) is 0.776. The lowest BCUT2D eigenvalue weighted by Crippen LogP contribution is -2.13. The van der Waals surface area contributed by atoms with Gasteiger partial charge < -0.3 is 19.2 Å². The maximum Gasteiger partial charge on any atom is 0.297 e. The predicted molar refractivity (Wildman–Crippen MR) is 87.7 cm³/mol. The molecule has 0 amide bonds. The summed E-state index contributed by atoms with van der Waals surface area (Å²) in [5.41, 5.74) is 0.0683. The maximum atomic E-state index is 12.2. The molecule has 0 spiro atoms. The summed E-state index contributed by atoms with van der Waals surface area (Å²) in [5, 5.41) is 0. The van der Waals surface area contributed by atoms with E-state index in [1.54, 1.807) is 55.8 Å². The van der Waals surface area contributed by atoms with Gasteiger partial charge in [-0.25, -0.2) is 0 Å². The molecule has 24 heavy (non-hydrogen) atoms. The predicted octanol–water partition coefficient (Wildman–Crippen LogP) is 2.64. The van der Waals surface area contributed by atoms with Gasteiger partial charge in [-0.05, 0) is 24.3 Å². The van der Waals surface area contributed by atoms with Crippen molar-refractivity contribution in [2.24, 2.45) is 0 Å². The number of nitrogens with one attached hydrogen (secondary N) is 1. The first-order chi connectivity index (χ1) is 11.7. The molecule has 1 N–H and O–H groups in total. The van der Waals surface area contributed by atoms with Crippen LogP contribution in [0.4, 0.5) is 0 Å². The molecule has 2 heterocycles. The van der Waals surface area contributed by atoms with E-state index in [2.05, 4.69) is 15.0 Å². The molecule has 1 aromatic carbocycles. The Hall–Kier alpha value is -3.35. The van der Waals surface area contributed by atoms with Gasteiger partial charge in [0, 0.05) is 12.3 Å². The fourth-order valence-corrected chi connectivity index (χ4v) is 2.09. The molecule has 122 valence electrons. The summed E-state index contributed by atoms with van der Waals surface area (Å²) >= 11 is 0. The summed E-state index contributed by atoms with van der Waals surface area (Å²) in [7, 11) is 2.94. The van der Waals surface area contributed by atoms with Crippen LogP contribution in [-0.2, 0) is 0 Å². The molecule has 0 fully saturated rings. The minimum atomic E-state index is -0.453. The van der Waals surface area contributed by atoms with Crippen molar-refractivity contribution in [1.82, 2.24) is 15.0 Å². The Kier molecular flexibility index (Phi) is 4.42. The number of aromatic amines is 1. The number of hydrogen-bond acceptors (Lipinski definition) is 6. The number of ether oxygens (including phenoxy) is 3. The molecule has 2 aromatic heterocycles. The first-order valence-electron chi connectivity index (χ1n) is 7.13. The smallest absolute Gasteiger partial charge is 0.297 e.